The van der Waals surface area contributed by atoms with E-state index < -0.39 is 8.07 Å². The Morgan fingerprint density at radius 1 is 0.946 bits per heavy atom. The summed E-state index contributed by atoms with van der Waals surface area (Å²) in [5.41, 5.74) is 5.88. The lowest BCUT2D eigenvalue weighted by molar-refractivity contribution is 0.262. The predicted octanol–water partition coefficient (Wildman–Crippen LogP) is 6.42. The van der Waals surface area contributed by atoms with Crippen LogP contribution in [0.2, 0.25) is 19.6 Å². The fourth-order valence-corrected chi connectivity index (χ4v) is 4.99. The van der Waals surface area contributed by atoms with E-state index in [4.69, 9.17) is 5.10 Å². The standard InChI is InChI=1S/C29H30N6OSi/c1-20-5-10-24(11-6-20)35-27(18-28(34-35)37(2,3)4)33-29(36)32-23-9-12-26-25(17-23)22(19-31-26)8-7-21-13-15-30-16-14-21/h5-19,31H,1-4H3,(H2,32,33,36). The van der Waals surface area contributed by atoms with Gasteiger partial charge in [0.25, 0.3) is 0 Å². The molecule has 0 fully saturated rings. The lowest BCUT2D eigenvalue weighted by Gasteiger charge is -2.11. The molecule has 186 valence electrons. The van der Waals surface area contributed by atoms with E-state index in [9.17, 15) is 4.79 Å². The molecule has 0 aliphatic heterocycles. The average Bonchev–Trinajstić information content (AvgIpc) is 3.48. The lowest BCUT2D eigenvalue weighted by atomic mass is 10.1. The van der Waals surface area contributed by atoms with Gasteiger partial charge in [0.15, 0.2) is 0 Å². The molecule has 37 heavy (non-hydrogen) atoms. The van der Waals surface area contributed by atoms with E-state index in [0.29, 0.717) is 11.5 Å². The van der Waals surface area contributed by atoms with E-state index in [0.717, 1.165) is 33.0 Å². The fourth-order valence-electron chi connectivity index (χ4n) is 4.02. The summed E-state index contributed by atoms with van der Waals surface area (Å²) in [7, 11) is -1.69. The Kier molecular flexibility index (Phi) is 6.50. The van der Waals surface area contributed by atoms with Crippen LogP contribution in [0, 0.1) is 6.92 Å². The van der Waals surface area contributed by atoms with Gasteiger partial charge in [0.1, 0.15) is 13.9 Å². The summed E-state index contributed by atoms with van der Waals surface area (Å²) in [5.74, 6) is 0.641. The minimum absolute atomic E-state index is 0.320. The first-order chi connectivity index (χ1) is 17.8. The van der Waals surface area contributed by atoms with Crippen LogP contribution in [0.3, 0.4) is 0 Å². The number of aromatic amines is 1. The molecule has 0 atom stereocenters. The molecule has 3 N–H and O–H groups in total. The highest BCUT2D eigenvalue weighted by Gasteiger charge is 2.23. The molecule has 0 saturated heterocycles. The van der Waals surface area contributed by atoms with Crippen LogP contribution in [-0.2, 0) is 0 Å². The number of amides is 2. The van der Waals surface area contributed by atoms with Gasteiger partial charge < -0.3 is 10.3 Å². The average molecular weight is 507 g/mol. The number of benzene rings is 2. The lowest BCUT2D eigenvalue weighted by Crippen LogP contribution is -2.39. The van der Waals surface area contributed by atoms with Gasteiger partial charge in [0.2, 0.25) is 0 Å². The fraction of sp³-hybridized carbons (Fsp3) is 0.138. The molecule has 7 nitrogen and oxygen atoms in total. The van der Waals surface area contributed by atoms with Gasteiger partial charge in [-0.05, 0) is 66.6 Å². The van der Waals surface area contributed by atoms with Crippen molar-refractivity contribution >= 4 is 54.0 Å². The Morgan fingerprint density at radius 3 is 2.43 bits per heavy atom. The van der Waals surface area contributed by atoms with Gasteiger partial charge in [0, 0.05) is 40.5 Å². The maximum Gasteiger partial charge on any atom is 0.324 e. The van der Waals surface area contributed by atoms with E-state index in [1.54, 1.807) is 12.4 Å². The first-order valence-corrected chi connectivity index (χ1v) is 15.7. The summed E-state index contributed by atoms with van der Waals surface area (Å²) in [5, 5.41) is 12.9. The third kappa shape index (κ3) is 5.54. The second-order valence-corrected chi connectivity index (χ2v) is 15.1. The molecular weight excluding hydrogens is 476 g/mol. The van der Waals surface area contributed by atoms with Gasteiger partial charge >= 0.3 is 6.03 Å². The molecule has 3 aromatic heterocycles. The Balaban J connectivity index is 1.38. The summed E-state index contributed by atoms with van der Waals surface area (Å²) in [4.78, 5) is 20.4. The summed E-state index contributed by atoms with van der Waals surface area (Å²) in [6, 6.07) is 19.5. The third-order valence-corrected chi connectivity index (χ3v) is 7.91. The number of urea groups is 1. The highest BCUT2D eigenvalue weighted by Crippen LogP contribution is 2.25. The number of rotatable bonds is 6. The Labute approximate surface area is 217 Å². The summed E-state index contributed by atoms with van der Waals surface area (Å²) < 4.78 is 1.81. The van der Waals surface area contributed by atoms with E-state index in [1.807, 2.05) is 77.6 Å². The predicted molar refractivity (Wildman–Crippen MR) is 155 cm³/mol. The van der Waals surface area contributed by atoms with Gasteiger partial charge in [0.05, 0.1) is 5.69 Å². The molecule has 0 saturated carbocycles. The van der Waals surface area contributed by atoms with Crippen molar-refractivity contribution in [2.75, 3.05) is 10.6 Å². The number of H-pyrrole nitrogens is 1. The quantitative estimate of drug-likeness (QED) is 0.232. The highest BCUT2D eigenvalue weighted by atomic mass is 28.3. The van der Waals surface area contributed by atoms with Crippen molar-refractivity contribution < 1.29 is 4.79 Å². The molecular formula is C29H30N6OSi. The van der Waals surface area contributed by atoms with Crippen molar-refractivity contribution in [3.05, 3.63) is 95.9 Å². The van der Waals surface area contributed by atoms with Crippen molar-refractivity contribution in [1.82, 2.24) is 19.7 Å². The molecule has 0 aliphatic rings. The Bertz CT molecular complexity index is 1580. The monoisotopic (exact) mass is 506 g/mol. The topological polar surface area (TPSA) is 87.6 Å². The number of fused-ring (bicyclic) bond motifs is 1. The maximum atomic E-state index is 13.1. The van der Waals surface area contributed by atoms with Crippen molar-refractivity contribution in [3.8, 4) is 5.69 Å². The number of carbonyl (C=O) groups is 1. The number of pyridine rings is 1. The first-order valence-electron chi connectivity index (χ1n) is 12.2. The van der Waals surface area contributed by atoms with Crippen LogP contribution < -0.4 is 16.0 Å². The van der Waals surface area contributed by atoms with Crippen LogP contribution in [0.4, 0.5) is 16.3 Å². The van der Waals surface area contributed by atoms with Gasteiger partial charge in [-0.25, -0.2) is 9.48 Å². The van der Waals surface area contributed by atoms with E-state index >= 15 is 0 Å². The summed E-state index contributed by atoms with van der Waals surface area (Å²) >= 11 is 0. The number of carbonyl (C=O) groups excluding carboxylic acids is 1. The maximum absolute atomic E-state index is 13.1. The Morgan fingerprint density at radius 2 is 1.70 bits per heavy atom. The van der Waals surface area contributed by atoms with Gasteiger partial charge in [-0.2, -0.15) is 5.10 Å². The normalized spacial score (nSPS) is 11.8. The number of hydrogen-bond donors (Lipinski definition) is 3. The number of aromatic nitrogens is 4. The third-order valence-electron chi connectivity index (χ3n) is 6.13. The number of nitrogens with one attached hydrogen (secondary N) is 3. The molecule has 2 aromatic carbocycles. The molecule has 0 radical (unpaired) electrons. The molecule has 5 rings (SSSR count). The van der Waals surface area contributed by atoms with E-state index in [2.05, 4.69) is 53.2 Å². The zero-order chi connectivity index (χ0) is 26.0. The largest absolute Gasteiger partial charge is 0.361 e. The molecule has 0 unspecified atom stereocenters. The zero-order valence-corrected chi connectivity index (χ0v) is 22.4. The molecule has 2 amide bonds. The van der Waals surface area contributed by atoms with Crippen LogP contribution in [-0.4, -0.2) is 33.9 Å². The summed E-state index contributed by atoms with van der Waals surface area (Å²) in [6.45, 7) is 8.77. The Hall–Kier alpha value is -4.43. The van der Waals surface area contributed by atoms with Crippen molar-refractivity contribution in [3.63, 3.8) is 0 Å². The first kappa shape index (κ1) is 24.3. The summed E-state index contributed by atoms with van der Waals surface area (Å²) in [6.07, 6.45) is 9.60. The molecule has 0 spiro atoms. The SMILES string of the molecule is Cc1ccc(-n2nc([Si](C)(C)C)cc2NC(=O)Nc2ccc3[nH]cc(C=Cc4ccncc4)c3c2)cc1. The van der Waals surface area contributed by atoms with E-state index in [1.165, 1.54) is 5.56 Å². The second kappa shape index (κ2) is 9.91. The molecule has 5 aromatic rings. The van der Waals surface area contributed by atoms with Crippen molar-refractivity contribution in [2.24, 2.45) is 0 Å². The minimum Gasteiger partial charge on any atom is -0.361 e. The van der Waals surface area contributed by atoms with Crippen LogP contribution >= 0.6 is 0 Å². The van der Waals surface area contributed by atoms with Gasteiger partial charge in [-0.15, -0.1) is 0 Å². The van der Waals surface area contributed by atoms with Crippen LogP contribution in [0.5, 0.6) is 0 Å². The molecule has 3 heterocycles. The van der Waals surface area contributed by atoms with Crippen LogP contribution in [0.15, 0.2) is 79.3 Å². The van der Waals surface area contributed by atoms with Crippen molar-refractivity contribution in [2.45, 2.75) is 26.6 Å². The van der Waals surface area contributed by atoms with Gasteiger partial charge in [-0.3, -0.25) is 10.3 Å². The number of anilines is 2. The highest BCUT2D eigenvalue weighted by molar-refractivity contribution is 6.88. The minimum atomic E-state index is -1.69. The van der Waals surface area contributed by atoms with Crippen LogP contribution in [0.1, 0.15) is 16.7 Å². The van der Waals surface area contributed by atoms with E-state index in [-0.39, 0.29) is 6.03 Å². The van der Waals surface area contributed by atoms with Crippen LogP contribution in [0.25, 0.3) is 28.7 Å². The van der Waals surface area contributed by atoms with Crippen molar-refractivity contribution in [1.29, 1.82) is 0 Å². The molecule has 0 aliphatic carbocycles. The molecule has 0 bridgehead atoms. The zero-order valence-electron chi connectivity index (χ0n) is 21.4. The number of aryl methyl sites for hydroxylation is 1. The smallest absolute Gasteiger partial charge is 0.324 e. The number of hydrogen-bond acceptors (Lipinski definition) is 3. The van der Waals surface area contributed by atoms with Gasteiger partial charge in [-0.1, -0.05) is 49.5 Å². The number of nitrogens with zero attached hydrogens (tertiary/aromatic N) is 3. The second-order valence-electron chi connectivity index (χ2n) is 10.1. The molecule has 8 heteroatoms.